The second kappa shape index (κ2) is 8.44. The summed E-state index contributed by atoms with van der Waals surface area (Å²) in [6.45, 7) is 3.54. The molecule has 28 heavy (non-hydrogen) atoms. The van der Waals surface area contributed by atoms with Crippen molar-refractivity contribution < 1.29 is 14.3 Å². The molecule has 6 nitrogen and oxygen atoms in total. The number of fused-ring (bicyclic) bond motifs is 1. The Hall–Kier alpha value is -2.86. The fourth-order valence-electron chi connectivity index (χ4n) is 3.75. The standard InChI is InChI=1S/C22H27N3O3/c1-3-22(16-8-5-4-6-9-16)14-28-19-17(21(27)24-2)12-15(13-18(19)22)20(26)25-11-7-10-23/h4-6,8-9,12-13H,3,7,10-11,14,23H2,1-2H3,(H,24,27)(H,25,26)/t22-/m1/s1. The lowest BCUT2D eigenvalue weighted by Gasteiger charge is -2.27. The summed E-state index contributed by atoms with van der Waals surface area (Å²) in [5.74, 6) is 0.0720. The molecule has 0 aliphatic carbocycles. The van der Waals surface area contributed by atoms with Crippen LogP contribution in [0.3, 0.4) is 0 Å². The second-order valence-corrected chi connectivity index (χ2v) is 6.97. The first-order valence-electron chi connectivity index (χ1n) is 9.64. The summed E-state index contributed by atoms with van der Waals surface area (Å²) < 4.78 is 6.04. The van der Waals surface area contributed by atoms with Gasteiger partial charge in [0.25, 0.3) is 11.8 Å². The molecule has 1 aliphatic heterocycles. The maximum absolute atomic E-state index is 12.7. The van der Waals surface area contributed by atoms with Crippen LogP contribution in [-0.2, 0) is 5.41 Å². The van der Waals surface area contributed by atoms with Gasteiger partial charge in [-0.25, -0.2) is 0 Å². The number of nitrogens with two attached hydrogens (primary N) is 1. The van der Waals surface area contributed by atoms with Gasteiger partial charge in [0.2, 0.25) is 0 Å². The molecule has 0 radical (unpaired) electrons. The molecular weight excluding hydrogens is 354 g/mol. The van der Waals surface area contributed by atoms with Crippen LogP contribution < -0.4 is 21.1 Å². The number of hydrogen-bond acceptors (Lipinski definition) is 4. The maximum atomic E-state index is 12.7. The summed E-state index contributed by atoms with van der Waals surface area (Å²) >= 11 is 0. The molecular formula is C22H27N3O3. The van der Waals surface area contributed by atoms with E-state index in [9.17, 15) is 9.59 Å². The van der Waals surface area contributed by atoms with Gasteiger partial charge in [-0.15, -0.1) is 0 Å². The topological polar surface area (TPSA) is 93.4 Å². The lowest BCUT2D eigenvalue weighted by molar-refractivity contribution is 0.0953. The highest BCUT2D eigenvalue weighted by molar-refractivity contribution is 6.02. The molecule has 2 aromatic rings. The predicted molar refractivity (Wildman–Crippen MR) is 109 cm³/mol. The second-order valence-electron chi connectivity index (χ2n) is 6.97. The summed E-state index contributed by atoms with van der Waals surface area (Å²) in [6.07, 6.45) is 1.49. The number of nitrogens with one attached hydrogen (secondary N) is 2. The van der Waals surface area contributed by atoms with Crippen LogP contribution in [0.15, 0.2) is 42.5 Å². The Morgan fingerprint density at radius 1 is 1.18 bits per heavy atom. The zero-order chi connectivity index (χ0) is 20.1. The quantitative estimate of drug-likeness (QED) is 0.641. The SMILES string of the molecule is CC[C@]1(c2ccccc2)COc2c(C(=O)NC)cc(C(=O)NCCCN)cc21. The molecule has 2 aromatic carbocycles. The molecule has 0 fully saturated rings. The van der Waals surface area contributed by atoms with Crippen LogP contribution in [0.5, 0.6) is 5.75 Å². The van der Waals surface area contributed by atoms with Crippen molar-refractivity contribution in [2.75, 3.05) is 26.7 Å². The van der Waals surface area contributed by atoms with Crippen molar-refractivity contribution in [2.24, 2.45) is 5.73 Å². The van der Waals surface area contributed by atoms with Gasteiger partial charge in [-0.05, 0) is 37.1 Å². The molecule has 0 spiro atoms. The van der Waals surface area contributed by atoms with Crippen LogP contribution in [-0.4, -0.2) is 38.6 Å². The largest absolute Gasteiger partial charge is 0.491 e. The van der Waals surface area contributed by atoms with Crippen LogP contribution in [0.25, 0.3) is 0 Å². The van der Waals surface area contributed by atoms with E-state index in [1.165, 1.54) is 0 Å². The van der Waals surface area contributed by atoms with Gasteiger partial charge in [-0.2, -0.15) is 0 Å². The average molecular weight is 381 g/mol. The molecule has 0 unspecified atom stereocenters. The van der Waals surface area contributed by atoms with E-state index in [1.54, 1.807) is 13.1 Å². The number of rotatable bonds is 7. The minimum Gasteiger partial charge on any atom is -0.491 e. The highest BCUT2D eigenvalue weighted by Crippen LogP contribution is 2.47. The summed E-state index contributed by atoms with van der Waals surface area (Å²) in [7, 11) is 1.57. The highest BCUT2D eigenvalue weighted by Gasteiger charge is 2.43. The van der Waals surface area contributed by atoms with Crippen molar-refractivity contribution >= 4 is 11.8 Å². The third-order valence-electron chi connectivity index (χ3n) is 5.40. The van der Waals surface area contributed by atoms with Gasteiger partial charge in [-0.3, -0.25) is 9.59 Å². The molecule has 6 heteroatoms. The van der Waals surface area contributed by atoms with E-state index in [0.29, 0.717) is 43.0 Å². The number of carbonyl (C=O) groups excluding carboxylic acids is 2. The number of ether oxygens (including phenoxy) is 1. The molecule has 0 saturated carbocycles. The maximum Gasteiger partial charge on any atom is 0.254 e. The highest BCUT2D eigenvalue weighted by atomic mass is 16.5. The van der Waals surface area contributed by atoms with Gasteiger partial charge < -0.3 is 21.1 Å². The molecule has 0 aromatic heterocycles. The third kappa shape index (κ3) is 3.47. The van der Waals surface area contributed by atoms with Gasteiger partial charge in [0.1, 0.15) is 12.4 Å². The smallest absolute Gasteiger partial charge is 0.254 e. The molecule has 148 valence electrons. The van der Waals surface area contributed by atoms with E-state index in [2.05, 4.69) is 29.7 Å². The van der Waals surface area contributed by atoms with E-state index in [-0.39, 0.29) is 11.8 Å². The number of carbonyl (C=O) groups is 2. The molecule has 1 heterocycles. The molecule has 4 N–H and O–H groups in total. The van der Waals surface area contributed by atoms with Crippen molar-refractivity contribution in [1.82, 2.24) is 10.6 Å². The van der Waals surface area contributed by atoms with Gasteiger partial charge in [0.05, 0.1) is 11.0 Å². The lowest BCUT2D eigenvalue weighted by Crippen LogP contribution is -2.30. The van der Waals surface area contributed by atoms with Crippen LogP contribution >= 0.6 is 0 Å². The van der Waals surface area contributed by atoms with E-state index < -0.39 is 5.41 Å². The van der Waals surface area contributed by atoms with Gasteiger partial charge in [0.15, 0.2) is 0 Å². The first-order valence-corrected chi connectivity index (χ1v) is 9.64. The minimum atomic E-state index is -0.396. The van der Waals surface area contributed by atoms with E-state index in [0.717, 1.165) is 17.5 Å². The summed E-state index contributed by atoms with van der Waals surface area (Å²) in [6, 6.07) is 13.6. The van der Waals surface area contributed by atoms with Gasteiger partial charge >= 0.3 is 0 Å². The summed E-state index contributed by atoms with van der Waals surface area (Å²) in [5.41, 5.74) is 7.94. The van der Waals surface area contributed by atoms with Crippen molar-refractivity contribution in [3.8, 4) is 5.75 Å². The molecule has 3 rings (SSSR count). The molecule has 0 saturated heterocycles. The number of benzene rings is 2. The summed E-state index contributed by atoms with van der Waals surface area (Å²) in [5, 5.41) is 5.52. The Balaban J connectivity index is 2.12. The van der Waals surface area contributed by atoms with Crippen LogP contribution in [0, 0.1) is 0 Å². The monoisotopic (exact) mass is 381 g/mol. The first kappa shape index (κ1) is 19.9. The Kier molecular flexibility index (Phi) is 5.99. The third-order valence-corrected chi connectivity index (χ3v) is 5.40. The van der Waals surface area contributed by atoms with Crippen molar-refractivity contribution in [3.05, 3.63) is 64.7 Å². The fourth-order valence-corrected chi connectivity index (χ4v) is 3.75. The van der Waals surface area contributed by atoms with Crippen LogP contribution in [0.1, 0.15) is 51.6 Å². The van der Waals surface area contributed by atoms with Crippen molar-refractivity contribution in [3.63, 3.8) is 0 Å². The van der Waals surface area contributed by atoms with Crippen LogP contribution in [0.4, 0.5) is 0 Å². The fraction of sp³-hybridized carbons (Fsp3) is 0.364. The normalized spacial score (nSPS) is 17.5. The van der Waals surface area contributed by atoms with Crippen molar-refractivity contribution in [2.45, 2.75) is 25.2 Å². The van der Waals surface area contributed by atoms with Crippen molar-refractivity contribution in [1.29, 1.82) is 0 Å². The van der Waals surface area contributed by atoms with E-state index >= 15 is 0 Å². The number of hydrogen-bond donors (Lipinski definition) is 3. The average Bonchev–Trinajstić information content (AvgIpc) is 3.13. The minimum absolute atomic E-state index is 0.216. The molecule has 1 aliphatic rings. The molecule has 2 amide bonds. The van der Waals surface area contributed by atoms with E-state index in [1.807, 2.05) is 24.3 Å². The number of amides is 2. The van der Waals surface area contributed by atoms with E-state index in [4.69, 9.17) is 10.5 Å². The zero-order valence-corrected chi connectivity index (χ0v) is 16.4. The van der Waals surface area contributed by atoms with Crippen LogP contribution in [0.2, 0.25) is 0 Å². The van der Waals surface area contributed by atoms with Gasteiger partial charge in [-0.1, -0.05) is 37.3 Å². The molecule has 1 atom stereocenters. The molecule has 0 bridgehead atoms. The lowest BCUT2D eigenvalue weighted by atomic mass is 9.73. The predicted octanol–water partition coefficient (Wildman–Crippen LogP) is 2.21. The Morgan fingerprint density at radius 2 is 1.93 bits per heavy atom. The Bertz CT molecular complexity index is 867. The Morgan fingerprint density at radius 3 is 2.57 bits per heavy atom. The van der Waals surface area contributed by atoms with Gasteiger partial charge in [0, 0.05) is 24.7 Å². The summed E-state index contributed by atoms with van der Waals surface area (Å²) in [4.78, 5) is 25.2. The Labute approximate surface area is 165 Å². The first-order chi connectivity index (χ1) is 13.6. The zero-order valence-electron chi connectivity index (χ0n) is 16.4.